The largest absolute Gasteiger partial charge is 0.361 e. The maximum absolute atomic E-state index is 12.2. The predicted molar refractivity (Wildman–Crippen MR) is 85.3 cm³/mol. The number of aromatic nitrogens is 5. The predicted octanol–water partition coefficient (Wildman–Crippen LogP) is 1.48. The molecule has 24 heavy (non-hydrogen) atoms. The van der Waals surface area contributed by atoms with Gasteiger partial charge in [0.25, 0.3) is 0 Å². The van der Waals surface area contributed by atoms with Crippen molar-refractivity contribution in [2.45, 2.75) is 19.6 Å². The molecular weight excluding hydrogens is 332 g/mol. The van der Waals surface area contributed by atoms with Gasteiger partial charge in [0.1, 0.15) is 28.7 Å². The Morgan fingerprint density at radius 3 is 2.67 bits per heavy atom. The number of nitrogens with one attached hydrogen (secondary N) is 1. The van der Waals surface area contributed by atoms with Gasteiger partial charge >= 0.3 is 0 Å². The lowest BCUT2D eigenvalue weighted by Crippen LogP contribution is -2.18. The third-order valence-corrected chi connectivity index (χ3v) is 4.07. The van der Waals surface area contributed by atoms with Crippen molar-refractivity contribution < 1.29 is 12.9 Å². The van der Waals surface area contributed by atoms with Crippen LogP contribution < -0.4 is 4.72 Å². The van der Waals surface area contributed by atoms with Crippen LogP contribution in [0.5, 0.6) is 0 Å². The van der Waals surface area contributed by atoms with Gasteiger partial charge in [-0.15, -0.1) is 0 Å². The number of hydrogen-bond acceptors (Lipinski definition) is 8. The van der Waals surface area contributed by atoms with Gasteiger partial charge in [0, 0.05) is 12.3 Å². The molecule has 0 unspecified atom stereocenters. The van der Waals surface area contributed by atoms with Crippen molar-refractivity contribution in [1.29, 1.82) is 0 Å². The molecular formula is C14H14N6O3S. The Labute approximate surface area is 138 Å². The minimum absolute atomic E-state index is 0.0663. The summed E-state index contributed by atoms with van der Waals surface area (Å²) in [6.07, 6.45) is 1.60. The Morgan fingerprint density at radius 2 is 2.00 bits per heavy atom. The number of pyridine rings is 1. The monoisotopic (exact) mass is 346 g/mol. The topological polar surface area (TPSA) is 124 Å². The van der Waals surface area contributed by atoms with Crippen molar-refractivity contribution in [3.63, 3.8) is 0 Å². The fourth-order valence-electron chi connectivity index (χ4n) is 1.99. The van der Waals surface area contributed by atoms with Crippen LogP contribution in [-0.2, 0) is 15.8 Å². The van der Waals surface area contributed by atoms with Crippen molar-refractivity contribution >= 4 is 16.0 Å². The molecule has 10 heteroatoms. The molecule has 0 bridgehead atoms. The third-order valence-electron chi connectivity index (χ3n) is 2.90. The second kappa shape index (κ2) is 6.32. The van der Waals surface area contributed by atoms with Crippen molar-refractivity contribution in [2.24, 2.45) is 0 Å². The molecule has 0 aliphatic carbocycles. The number of aryl methyl sites for hydroxylation is 2. The van der Waals surface area contributed by atoms with E-state index in [1.54, 1.807) is 44.3 Å². The number of anilines is 1. The molecule has 0 fully saturated rings. The highest BCUT2D eigenvalue weighted by molar-refractivity contribution is 7.91. The Kier molecular flexibility index (Phi) is 4.21. The summed E-state index contributed by atoms with van der Waals surface area (Å²) in [5.41, 5.74) is 0.825. The maximum atomic E-state index is 12.2. The van der Waals surface area contributed by atoms with Gasteiger partial charge in [-0.1, -0.05) is 11.2 Å². The van der Waals surface area contributed by atoms with Gasteiger partial charge in [-0.2, -0.15) is 9.97 Å². The molecule has 0 atom stereocenters. The first-order valence-corrected chi connectivity index (χ1v) is 8.63. The summed E-state index contributed by atoms with van der Waals surface area (Å²) in [4.78, 5) is 16.4. The van der Waals surface area contributed by atoms with Crippen LogP contribution in [0.2, 0.25) is 0 Å². The van der Waals surface area contributed by atoms with E-state index in [-0.39, 0.29) is 17.5 Å². The Bertz CT molecular complexity index is 956. The van der Waals surface area contributed by atoms with E-state index in [0.717, 1.165) is 0 Å². The van der Waals surface area contributed by atoms with Gasteiger partial charge in [-0.25, -0.2) is 13.4 Å². The molecule has 3 aromatic rings. The summed E-state index contributed by atoms with van der Waals surface area (Å²) >= 11 is 0. The zero-order chi connectivity index (χ0) is 17.2. The van der Waals surface area contributed by atoms with E-state index < -0.39 is 10.0 Å². The van der Waals surface area contributed by atoms with Crippen LogP contribution >= 0.6 is 0 Å². The van der Waals surface area contributed by atoms with E-state index in [4.69, 9.17) is 4.52 Å². The molecule has 0 saturated carbocycles. The number of sulfonamides is 1. The second-order valence-electron chi connectivity index (χ2n) is 5.03. The molecule has 0 aromatic carbocycles. The molecule has 0 radical (unpaired) electrons. The number of hydrogen-bond donors (Lipinski definition) is 1. The van der Waals surface area contributed by atoms with Gasteiger partial charge < -0.3 is 4.52 Å². The normalized spacial score (nSPS) is 11.4. The first-order chi connectivity index (χ1) is 11.4. The van der Waals surface area contributed by atoms with Gasteiger partial charge in [-0.3, -0.25) is 9.71 Å². The lowest BCUT2D eigenvalue weighted by molar-refractivity contribution is 0.392. The van der Waals surface area contributed by atoms with Gasteiger partial charge in [0.15, 0.2) is 5.82 Å². The molecule has 3 heterocycles. The lowest BCUT2D eigenvalue weighted by Gasteiger charge is -2.07. The lowest BCUT2D eigenvalue weighted by atomic mass is 10.3. The summed E-state index contributed by atoms with van der Waals surface area (Å²) in [7, 11) is -3.74. The van der Waals surface area contributed by atoms with E-state index in [1.807, 2.05) is 0 Å². The minimum Gasteiger partial charge on any atom is -0.361 e. The molecule has 0 spiro atoms. The summed E-state index contributed by atoms with van der Waals surface area (Å²) in [6.45, 7) is 3.33. The fourth-order valence-corrected chi connectivity index (χ4v) is 2.96. The average Bonchev–Trinajstić information content (AvgIpc) is 2.91. The van der Waals surface area contributed by atoms with Gasteiger partial charge in [0.2, 0.25) is 16.0 Å². The molecule has 3 rings (SSSR count). The standard InChI is InChI=1S/C14H14N6O3S/c1-9-7-11(19-23-9)8-24(21,22)20-14-17-10(2)16-13(18-14)12-5-3-4-6-15-12/h3-7H,8H2,1-2H3,(H,16,17,18,20). The SMILES string of the molecule is Cc1nc(NS(=O)(=O)Cc2cc(C)on2)nc(-c2ccccn2)n1. The van der Waals surface area contributed by atoms with Crippen molar-refractivity contribution in [1.82, 2.24) is 25.1 Å². The second-order valence-corrected chi connectivity index (χ2v) is 6.76. The number of nitrogens with zero attached hydrogens (tertiary/aromatic N) is 5. The Hall–Kier alpha value is -2.88. The highest BCUT2D eigenvalue weighted by atomic mass is 32.2. The van der Waals surface area contributed by atoms with Crippen LogP contribution in [0, 0.1) is 13.8 Å². The van der Waals surface area contributed by atoms with Crippen LogP contribution in [0.15, 0.2) is 35.0 Å². The van der Waals surface area contributed by atoms with Gasteiger partial charge in [0.05, 0.1) is 0 Å². The highest BCUT2D eigenvalue weighted by Crippen LogP contribution is 2.15. The molecule has 124 valence electrons. The number of rotatable bonds is 5. The van der Waals surface area contributed by atoms with Gasteiger partial charge in [-0.05, 0) is 26.0 Å². The van der Waals surface area contributed by atoms with Crippen molar-refractivity contribution in [3.8, 4) is 11.5 Å². The minimum atomic E-state index is -3.74. The van der Waals surface area contributed by atoms with Crippen LogP contribution in [0.25, 0.3) is 11.5 Å². The van der Waals surface area contributed by atoms with Crippen molar-refractivity contribution in [3.05, 3.63) is 47.7 Å². The first kappa shape index (κ1) is 16.0. The molecule has 3 aromatic heterocycles. The smallest absolute Gasteiger partial charge is 0.240 e. The van der Waals surface area contributed by atoms with E-state index in [9.17, 15) is 8.42 Å². The molecule has 0 amide bonds. The summed E-state index contributed by atoms with van der Waals surface area (Å²) in [6, 6.07) is 6.84. The molecule has 9 nitrogen and oxygen atoms in total. The van der Waals surface area contributed by atoms with E-state index in [1.165, 1.54) is 0 Å². The molecule has 0 aliphatic heterocycles. The van der Waals surface area contributed by atoms with Crippen LogP contribution in [-0.4, -0.2) is 33.5 Å². The zero-order valence-electron chi connectivity index (χ0n) is 13.0. The van der Waals surface area contributed by atoms with Crippen LogP contribution in [0.1, 0.15) is 17.3 Å². The van der Waals surface area contributed by atoms with E-state index >= 15 is 0 Å². The molecule has 1 N–H and O–H groups in total. The first-order valence-electron chi connectivity index (χ1n) is 6.98. The Balaban J connectivity index is 1.85. The maximum Gasteiger partial charge on any atom is 0.240 e. The summed E-state index contributed by atoms with van der Waals surface area (Å²) < 4.78 is 31.7. The summed E-state index contributed by atoms with van der Waals surface area (Å²) in [5, 5.41) is 3.67. The molecule has 0 aliphatic rings. The van der Waals surface area contributed by atoms with Crippen LogP contribution in [0.3, 0.4) is 0 Å². The van der Waals surface area contributed by atoms with E-state index in [0.29, 0.717) is 23.0 Å². The quantitative estimate of drug-likeness (QED) is 0.736. The Morgan fingerprint density at radius 1 is 1.17 bits per heavy atom. The van der Waals surface area contributed by atoms with Crippen LogP contribution in [0.4, 0.5) is 5.95 Å². The molecule has 0 saturated heterocycles. The fraction of sp³-hybridized carbons (Fsp3) is 0.214. The van der Waals surface area contributed by atoms with E-state index in [2.05, 4.69) is 29.8 Å². The van der Waals surface area contributed by atoms with Crippen molar-refractivity contribution in [2.75, 3.05) is 4.72 Å². The highest BCUT2D eigenvalue weighted by Gasteiger charge is 2.17. The zero-order valence-corrected chi connectivity index (χ0v) is 13.8. The third kappa shape index (κ3) is 3.90. The average molecular weight is 346 g/mol. The summed E-state index contributed by atoms with van der Waals surface area (Å²) in [5.74, 6) is 0.796.